The van der Waals surface area contributed by atoms with Crippen LogP contribution in [0.3, 0.4) is 0 Å². The van der Waals surface area contributed by atoms with Gasteiger partial charge in [-0.25, -0.2) is 0 Å². The molecule has 0 bridgehead atoms. The summed E-state index contributed by atoms with van der Waals surface area (Å²) < 4.78 is 6.42. The van der Waals surface area contributed by atoms with Crippen molar-refractivity contribution in [2.45, 2.75) is 17.4 Å². The van der Waals surface area contributed by atoms with Crippen molar-refractivity contribution in [1.82, 2.24) is 15.1 Å². The van der Waals surface area contributed by atoms with E-state index in [1.54, 1.807) is 14.1 Å². The first-order valence-corrected chi connectivity index (χ1v) is 8.03. The van der Waals surface area contributed by atoms with Crippen LogP contribution in [-0.2, 0) is 9.59 Å². The molecule has 116 valence electrons. The van der Waals surface area contributed by atoms with E-state index in [-0.39, 0.29) is 16.9 Å². The normalized spacial score (nSPS) is 12.0. The first-order chi connectivity index (χ1) is 10.4. The molecule has 22 heavy (non-hydrogen) atoms. The highest BCUT2D eigenvalue weighted by atomic mass is 79.9. The van der Waals surface area contributed by atoms with Gasteiger partial charge in [0.05, 0.1) is 0 Å². The van der Waals surface area contributed by atoms with Gasteiger partial charge >= 0.3 is 0 Å². The Balaban J connectivity index is 2.20. The average Bonchev–Trinajstić information content (AvgIpc) is 2.92. The molecule has 0 N–H and O–H groups in total. The highest BCUT2D eigenvalue weighted by molar-refractivity contribution is 9.10. The molecule has 0 spiro atoms. The fourth-order valence-electron chi connectivity index (χ4n) is 1.64. The molecule has 0 radical (unpaired) electrons. The molecule has 0 aliphatic carbocycles. The van der Waals surface area contributed by atoms with E-state index in [2.05, 4.69) is 26.1 Å². The summed E-state index contributed by atoms with van der Waals surface area (Å²) in [6.45, 7) is 1.37. The Hall–Kier alpha value is -1.67. The van der Waals surface area contributed by atoms with Gasteiger partial charge in [-0.1, -0.05) is 22.0 Å². The summed E-state index contributed by atoms with van der Waals surface area (Å²) in [4.78, 5) is 25.0. The number of benzene rings is 1. The van der Waals surface area contributed by atoms with Crippen LogP contribution in [0.4, 0.5) is 0 Å². The number of nitrogens with zero attached hydrogens (tertiary/aromatic N) is 3. The second kappa shape index (κ2) is 7.06. The van der Waals surface area contributed by atoms with Gasteiger partial charge in [-0.15, -0.1) is 10.2 Å². The predicted molar refractivity (Wildman–Crippen MR) is 86.5 cm³/mol. The van der Waals surface area contributed by atoms with Crippen molar-refractivity contribution >= 4 is 39.4 Å². The Labute approximate surface area is 140 Å². The van der Waals surface area contributed by atoms with Gasteiger partial charge in [-0.05, 0) is 36.9 Å². The van der Waals surface area contributed by atoms with Crippen LogP contribution in [0, 0.1) is 0 Å². The summed E-state index contributed by atoms with van der Waals surface area (Å²) in [5, 5.41) is 7.15. The summed E-state index contributed by atoms with van der Waals surface area (Å²) in [6, 6.07) is 7.41. The van der Waals surface area contributed by atoms with E-state index < -0.39 is 5.25 Å². The minimum atomic E-state index is -0.884. The molecule has 1 atom stereocenters. The third kappa shape index (κ3) is 3.95. The van der Waals surface area contributed by atoms with Crippen LogP contribution in [0.25, 0.3) is 11.5 Å². The predicted octanol–water partition coefficient (Wildman–Crippen LogP) is 2.64. The first-order valence-electron chi connectivity index (χ1n) is 6.36. The molecule has 0 saturated carbocycles. The van der Waals surface area contributed by atoms with Crippen LogP contribution in [0.2, 0.25) is 0 Å². The standard InChI is InChI=1S/C14H14BrN3O3S/c1-8(19)11(13(20)18(2)3)22-14-17-16-12(21-14)9-5-4-6-10(15)7-9/h4-7,11H,1-3H3/t11-/m0/s1. The van der Waals surface area contributed by atoms with Crippen LogP contribution >= 0.6 is 27.7 Å². The van der Waals surface area contributed by atoms with Crippen molar-refractivity contribution in [2.24, 2.45) is 0 Å². The summed E-state index contributed by atoms with van der Waals surface area (Å²) in [5.41, 5.74) is 0.757. The van der Waals surface area contributed by atoms with Gasteiger partial charge in [0.2, 0.25) is 11.8 Å². The molecule has 0 unspecified atom stereocenters. The smallest absolute Gasteiger partial charge is 0.278 e. The molecule has 1 aromatic carbocycles. The van der Waals surface area contributed by atoms with Crippen LogP contribution in [-0.4, -0.2) is 46.1 Å². The molecular formula is C14H14BrN3O3S. The number of amides is 1. The van der Waals surface area contributed by atoms with Crippen LogP contribution in [0.15, 0.2) is 38.4 Å². The maximum absolute atomic E-state index is 12.0. The zero-order valence-electron chi connectivity index (χ0n) is 12.2. The summed E-state index contributed by atoms with van der Waals surface area (Å²) in [5.74, 6) is -0.228. The Bertz CT molecular complexity index is 702. The van der Waals surface area contributed by atoms with E-state index in [1.165, 1.54) is 11.8 Å². The zero-order chi connectivity index (χ0) is 16.3. The fourth-order valence-corrected chi connectivity index (χ4v) is 2.93. The Kier molecular flexibility index (Phi) is 5.36. The molecule has 1 amide bonds. The Morgan fingerprint density at radius 1 is 1.32 bits per heavy atom. The quantitative estimate of drug-likeness (QED) is 0.583. The Morgan fingerprint density at radius 3 is 2.64 bits per heavy atom. The molecule has 0 saturated heterocycles. The lowest BCUT2D eigenvalue weighted by molar-refractivity contribution is -0.132. The van der Waals surface area contributed by atoms with Gasteiger partial charge in [0.1, 0.15) is 0 Å². The van der Waals surface area contributed by atoms with Gasteiger partial charge in [-0.3, -0.25) is 9.59 Å². The minimum absolute atomic E-state index is 0.186. The largest absolute Gasteiger partial charge is 0.411 e. The number of hydrogen-bond acceptors (Lipinski definition) is 6. The van der Waals surface area contributed by atoms with E-state index in [0.717, 1.165) is 21.8 Å². The topological polar surface area (TPSA) is 76.3 Å². The lowest BCUT2D eigenvalue weighted by Gasteiger charge is -2.15. The van der Waals surface area contributed by atoms with Gasteiger partial charge in [0, 0.05) is 24.1 Å². The molecule has 2 rings (SSSR count). The lowest BCUT2D eigenvalue weighted by Crippen LogP contribution is -2.35. The van der Waals surface area contributed by atoms with E-state index in [4.69, 9.17) is 4.42 Å². The highest BCUT2D eigenvalue weighted by Crippen LogP contribution is 2.28. The molecule has 2 aromatic rings. The third-order valence-electron chi connectivity index (χ3n) is 2.73. The summed E-state index contributed by atoms with van der Waals surface area (Å²) in [7, 11) is 3.19. The molecule has 1 heterocycles. The zero-order valence-corrected chi connectivity index (χ0v) is 14.6. The average molecular weight is 384 g/mol. The molecular weight excluding hydrogens is 370 g/mol. The van der Waals surface area contributed by atoms with E-state index in [9.17, 15) is 9.59 Å². The third-order valence-corrected chi connectivity index (χ3v) is 4.36. The monoisotopic (exact) mass is 383 g/mol. The summed E-state index contributed by atoms with van der Waals surface area (Å²) in [6.07, 6.45) is 0. The maximum Gasteiger partial charge on any atom is 0.278 e. The van der Waals surface area contributed by atoms with Crippen molar-refractivity contribution in [2.75, 3.05) is 14.1 Å². The number of rotatable bonds is 5. The number of ketones is 1. The van der Waals surface area contributed by atoms with Gasteiger partial charge in [0.15, 0.2) is 11.0 Å². The SMILES string of the molecule is CC(=O)[C@H](Sc1nnc(-c2cccc(Br)c2)o1)C(=O)N(C)C. The number of carbonyl (C=O) groups excluding carboxylic acids is 2. The molecule has 0 aliphatic rings. The molecule has 0 fully saturated rings. The number of hydrogen-bond donors (Lipinski definition) is 0. The highest BCUT2D eigenvalue weighted by Gasteiger charge is 2.28. The molecule has 0 aliphatic heterocycles. The fraction of sp³-hybridized carbons (Fsp3) is 0.286. The van der Waals surface area contributed by atoms with Crippen molar-refractivity contribution in [1.29, 1.82) is 0 Å². The molecule has 8 heteroatoms. The van der Waals surface area contributed by atoms with Crippen molar-refractivity contribution in [3.8, 4) is 11.5 Å². The maximum atomic E-state index is 12.0. The van der Waals surface area contributed by atoms with Crippen molar-refractivity contribution in [3.63, 3.8) is 0 Å². The van der Waals surface area contributed by atoms with Crippen LogP contribution < -0.4 is 0 Å². The number of halogens is 1. The van der Waals surface area contributed by atoms with E-state index in [0.29, 0.717) is 5.89 Å². The Morgan fingerprint density at radius 2 is 2.05 bits per heavy atom. The second-order valence-electron chi connectivity index (χ2n) is 4.72. The summed E-state index contributed by atoms with van der Waals surface area (Å²) >= 11 is 4.33. The number of Topliss-reactive ketones (excluding diaryl/α,β-unsaturated/α-hetero) is 1. The number of thioether (sulfide) groups is 1. The van der Waals surface area contributed by atoms with Gasteiger partial charge in [0.25, 0.3) is 5.22 Å². The van der Waals surface area contributed by atoms with E-state index in [1.807, 2.05) is 24.3 Å². The molecule has 6 nitrogen and oxygen atoms in total. The van der Waals surface area contributed by atoms with Crippen LogP contribution in [0.5, 0.6) is 0 Å². The van der Waals surface area contributed by atoms with Crippen molar-refractivity contribution in [3.05, 3.63) is 28.7 Å². The first kappa shape index (κ1) is 16.7. The van der Waals surface area contributed by atoms with Crippen molar-refractivity contribution < 1.29 is 14.0 Å². The number of aromatic nitrogens is 2. The van der Waals surface area contributed by atoms with Gasteiger partial charge in [-0.2, -0.15) is 0 Å². The van der Waals surface area contributed by atoms with Gasteiger partial charge < -0.3 is 9.32 Å². The van der Waals surface area contributed by atoms with Crippen LogP contribution in [0.1, 0.15) is 6.92 Å². The van der Waals surface area contributed by atoms with E-state index >= 15 is 0 Å². The number of carbonyl (C=O) groups is 2. The minimum Gasteiger partial charge on any atom is -0.411 e. The molecule has 1 aromatic heterocycles. The lowest BCUT2D eigenvalue weighted by atomic mass is 10.2. The second-order valence-corrected chi connectivity index (χ2v) is 6.70.